The maximum Gasteiger partial charge on any atom is 0.335 e. The van der Waals surface area contributed by atoms with Gasteiger partial charge in [-0.1, -0.05) is 35.3 Å². The van der Waals surface area contributed by atoms with E-state index in [-0.39, 0.29) is 11.5 Å². The molecule has 1 heterocycles. The number of carbonyl (C=O) groups excluding carboxylic acids is 1. The summed E-state index contributed by atoms with van der Waals surface area (Å²) >= 11 is 13.5. The fourth-order valence-corrected chi connectivity index (χ4v) is 4.80. The second-order valence-corrected chi connectivity index (χ2v) is 9.39. The van der Waals surface area contributed by atoms with Gasteiger partial charge >= 0.3 is 5.97 Å². The van der Waals surface area contributed by atoms with Gasteiger partial charge in [-0.3, -0.25) is 9.69 Å². The number of carboxylic acid groups (broad SMARTS) is 1. The van der Waals surface area contributed by atoms with Crippen molar-refractivity contribution in [1.82, 2.24) is 4.90 Å². The van der Waals surface area contributed by atoms with Gasteiger partial charge in [0.05, 0.1) is 16.2 Å². The number of benzene rings is 3. The molecule has 35 heavy (non-hydrogen) atoms. The summed E-state index contributed by atoms with van der Waals surface area (Å²) in [6.07, 6.45) is 1.74. The molecule has 178 valence electrons. The highest BCUT2D eigenvalue weighted by Crippen LogP contribution is 2.36. The predicted octanol–water partition coefficient (Wildman–Crippen LogP) is 6.89. The van der Waals surface area contributed by atoms with Crippen molar-refractivity contribution in [3.05, 3.63) is 98.4 Å². The number of likely N-dealkylation sites (N-methyl/N-ethyl adjacent to an activating group) is 1. The average Bonchev–Trinajstić information content (AvgIpc) is 3.12. The summed E-state index contributed by atoms with van der Waals surface area (Å²) in [5.41, 5.74) is 2.30. The van der Waals surface area contributed by atoms with Gasteiger partial charge in [0.2, 0.25) is 0 Å². The third kappa shape index (κ3) is 6.06. The Labute approximate surface area is 216 Å². The van der Waals surface area contributed by atoms with Crippen molar-refractivity contribution in [2.75, 3.05) is 6.54 Å². The molecule has 0 unspecified atom stereocenters. The lowest BCUT2D eigenvalue weighted by Crippen LogP contribution is -2.28. The summed E-state index contributed by atoms with van der Waals surface area (Å²) in [6.45, 7) is 2.60. The third-order valence-electron chi connectivity index (χ3n) is 5.09. The van der Waals surface area contributed by atoms with Gasteiger partial charge in [0.15, 0.2) is 5.17 Å². The molecule has 0 bridgehead atoms. The van der Waals surface area contributed by atoms with E-state index < -0.39 is 5.97 Å². The Morgan fingerprint density at radius 1 is 1.09 bits per heavy atom. The van der Waals surface area contributed by atoms with Crippen molar-refractivity contribution >= 4 is 63.8 Å². The largest absolute Gasteiger partial charge is 0.488 e. The summed E-state index contributed by atoms with van der Waals surface area (Å²) in [6, 6.07) is 18.8. The fourth-order valence-electron chi connectivity index (χ4n) is 3.35. The number of rotatable bonds is 7. The summed E-state index contributed by atoms with van der Waals surface area (Å²) in [5, 5.41) is 10.7. The van der Waals surface area contributed by atoms with Crippen LogP contribution in [0.2, 0.25) is 10.0 Å². The minimum absolute atomic E-state index is 0.170. The molecule has 1 N–H and O–H groups in total. The molecule has 9 heteroatoms. The third-order valence-corrected chi connectivity index (χ3v) is 6.56. The predicted molar refractivity (Wildman–Crippen MR) is 141 cm³/mol. The van der Waals surface area contributed by atoms with E-state index in [1.54, 1.807) is 47.4 Å². The molecule has 0 radical (unpaired) electrons. The van der Waals surface area contributed by atoms with Crippen LogP contribution in [-0.2, 0) is 11.4 Å². The topological polar surface area (TPSA) is 79.2 Å². The molecule has 4 rings (SSSR count). The van der Waals surface area contributed by atoms with Crippen LogP contribution in [0, 0.1) is 0 Å². The number of aromatic carboxylic acids is 1. The van der Waals surface area contributed by atoms with Gasteiger partial charge < -0.3 is 9.84 Å². The zero-order valence-electron chi connectivity index (χ0n) is 18.6. The molecule has 0 aromatic heterocycles. The molecule has 1 saturated heterocycles. The van der Waals surface area contributed by atoms with Crippen molar-refractivity contribution in [1.29, 1.82) is 0 Å². The van der Waals surface area contributed by atoms with Crippen LogP contribution in [0.4, 0.5) is 5.69 Å². The Kier molecular flexibility index (Phi) is 7.80. The maximum absolute atomic E-state index is 13.1. The van der Waals surface area contributed by atoms with Crippen LogP contribution in [0.25, 0.3) is 6.08 Å². The number of nitrogens with zero attached hydrogens (tertiary/aromatic N) is 2. The van der Waals surface area contributed by atoms with Crippen LogP contribution in [0.5, 0.6) is 5.75 Å². The van der Waals surface area contributed by atoms with E-state index in [0.29, 0.717) is 50.3 Å². The molecule has 3 aromatic carbocycles. The molecule has 1 aliphatic heterocycles. The molecular formula is C26H20Cl2N2O4S. The van der Waals surface area contributed by atoms with Gasteiger partial charge in [-0.15, -0.1) is 0 Å². The maximum atomic E-state index is 13.1. The molecule has 0 saturated carbocycles. The van der Waals surface area contributed by atoms with Crippen LogP contribution in [0.15, 0.2) is 76.6 Å². The number of amides is 1. The molecule has 1 aliphatic rings. The fraction of sp³-hybridized carbons (Fsp3) is 0.115. The molecule has 0 atom stereocenters. The number of carboxylic acids is 1. The molecule has 0 spiro atoms. The number of hydrogen-bond donors (Lipinski definition) is 1. The van der Waals surface area contributed by atoms with Crippen LogP contribution in [0.1, 0.15) is 28.4 Å². The van der Waals surface area contributed by atoms with Crippen molar-refractivity contribution in [3.8, 4) is 5.75 Å². The number of aliphatic imine (C=N–C) groups is 1. The van der Waals surface area contributed by atoms with E-state index in [4.69, 9.17) is 33.0 Å². The number of thioether (sulfide) groups is 1. The minimum Gasteiger partial charge on any atom is -0.488 e. The number of halogens is 2. The molecule has 0 aliphatic carbocycles. The zero-order chi connectivity index (χ0) is 24.9. The van der Waals surface area contributed by atoms with Gasteiger partial charge in [0.25, 0.3) is 5.91 Å². The first-order valence-corrected chi connectivity index (χ1v) is 12.2. The lowest BCUT2D eigenvalue weighted by Gasteiger charge is -2.12. The van der Waals surface area contributed by atoms with E-state index in [9.17, 15) is 9.59 Å². The van der Waals surface area contributed by atoms with Crippen molar-refractivity contribution < 1.29 is 19.4 Å². The Morgan fingerprint density at radius 2 is 1.83 bits per heavy atom. The Hall–Kier alpha value is -3.26. The molecule has 1 fully saturated rings. The first kappa shape index (κ1) is 24.9. The SMILES string of the molecule is CCN1C(=O)/C(=C\c2cc(Cl)ccc2OCc2cccc(Cl)c2)SC1=Nc1ccc(C(=O)O)cc1. The van der Waals surface area contributed by atoms with E-state index in [1.165, 1.54) is 23.9 Å². The van der Waals surface area contributed by atoms with E-state index in [1.807, 2.05) is 25.1 Å². The summed E-state index contributed by atoms with van der Waals surface area (Å²) < 4.78 is 6.01. The Balaban J connectivity index is 1.60. The number of ether oxygens (including phenoxy) is 1. The van der Waals surface area contributed by atoms with Crippen molar-refractivity contribution in [2.45, 2.75) is 13.5 Å². The first-order valence-electron chi connectivity index (χ1n) is 10.6. The number of hydrogen-bond acceptors (Lipinski definition) is 5. The first-order chi connectivity index (χ1) is 16.8. The van der Waals surface area contributed by atoms with E-state index in [0.717, 1.165) is 5.56 Å². The Bertz CT molecular complexity index is 1340. The van der Waals surface area contributed by atoms with Gasteiger partial charge in [-0.2, -0.15) is 0 Å². The molecule has 3 aromatic rings. The van der Waals surface area contributed by atoms with Crippen LogP contribution < -0.4 is 4.74 Å². The zero-order valence-corrected chi connectivity index (χ0v) is 20.9. The van der Waals surface area contributed by atoms with E-state index in [2.05, 4.69) is 4.99 Å². The van der Waals surface area contributed by atoms with Crippen LogP contribution >= 0.6 is 35.0 Å². The lowest BCUT2D eigenvalue weighted by molar-refractivity contribution is -0.122. The van der Waals surface area contributed by atoms with Gasteiger partial charge in [0, 0.05) is 22.2 Å². The number of carbonyl (C=O) groups is 2. The monoisotopic (exact) mass is 526 g/mol. The lowest BCUT2D eigenvalue weighted by atomic mass is 10.1. The highest BCUT2D eigenvalue weighted by Gasteiger charge is 2.32. The highest BCUT2D eigenvalue weighted by molar-refractivity contribution is 8.18. The van der Waals surface area contributed by atoms with Gasteiger partial charge in [-0.05, 0) is 84.9 Å². The van der Waals surface area contributed by atoms with Gasteiger partial charge in [-0.25, -0.2) is 9.79 Å². The second kappa shape index (κ2) is 11.0. The molecular weight excluding hydrogens is 507 g/mol. The van der Waals surface area contributed by atoms with Crippen LogP contribution in [0.3, 0.4) is 0 Å². The Morgan fingerprint density at radius 3 is 2.51 bits per heavy atom. The average molecular weight is 527 g/mol. The smallest absolute Gasteiger partial charge is 0.335 e. The minimum atomic E-state index is -1.01. The highest BCUT2D eigenvalue weighted by atomic mass is 35.5. The summed E-state index contributed by atoms with van der Waals surface area (Å²) in [4.78, 5) is 30.8. The standard InChI is InChI=1S/C26H20Cl2N2O4S/c1-2-30-24(31)23(35-26(30)29-21-9-6-17(7-10-21)25(32)33)14-18-13-20(28)8-11-22(18)34-15-16-4-3-5-19(27)12-16/h3-14H,2,15H2,1H3,(H,32,33)/b23-14+,29-26?. The quantitative estimate of drug-likeness (QED) is 0.339. The van der Waals surface area contributed by atoms with Crippen molar-refractivity contribution in [2.24, 2.45) is 4.99 Å². The second-order valence-electron chi connectivity index (χ2n) is 7.51. The van der Waals surface area contributed by atoms with Gasteiger partial charge in [0.1, 0.15) is 12.4 Å². The molecule has 6 nitrogen and oxygen atoms in total. The number of amidine groups is 1. The van der Waals surface area contributed by atoms with Crippen molar-refractivity contribution in [3.63, 3.8) is 0 Å². The molecule has 1 amide bonds. The summed E-state index contributed by atoms with van der Waals surface area (Å²) in [7, 11) is 0. The van der Waals surface area contributed by atoms with E-state index >= 15 is 0 Å². The summed E-state index contributed by atoms with van der Waals surface area (Å²) in [5.74, 6) is -0.614. The van der Waals surface area contributed by atoms with Crippen LogP contribution in [-0.4, -0.2) is 33.6 Å². The normalized spacial score (nSPS) is 15.7.